The number of likely N-dealkylation sites (N-methyl/N-ethyl adjacent to an activating group) is 1. The molecular formula is C21H26N2O. The van der Waals surface area contributed by atoms with Gasteiger partial charge in [-0.3, -0.25) is 4.79 Å². The van der Waals surface area contributed by atoms with Crippen LogP contribution in [0.5, 0.6) is 0 Å². The lowest BCUT2D eigenvalue weighted by molar-refractivity contribution is -0.130. The first-order chi connectivity index (χ1) is 11.6. The van der Waals surface area contributed by atoms with Crippen LogP contribution in [0.1, 0.15) is 36.1 Å². The molecule has 0 N–H and O–H groups in total. The van der Waals surface area contributed by atoms with Gasteiger partial charge in [0.1, 0.15) is 0 Å². The fourth-order valence-electron chi connectivity index (χ4n) is 3.41. The molecule has 0 saturated carbocycles. The maximum atomic E-state index is 12.8. The summed E-state index contributed by atoms with van der Waals surface area (Å²) in [5.74, 6) is 0.166. The molecule has 0 fully saturated rings. The number of anilines is 1. The predicted octanol–water partition coefficient (Wildman–Crippen LogP) is 3.97. The van der Waals surface area contributed by atoms with Crippen LogP contribution in [0.25, 0.3) is 0 Å². The van der Waals surface area contributed by atoms with Crippen LogP contribution in [0, 0.1) is 6.92 Å². The van der Waals surface area contributed by atoms with Crippen molar-refractivity contribution < 1.29 is 4.79 Å². The van der Waals surface area contributed by atoms with Gasteiger partial charge in [0, 0.05) is 19.3 Å². The van der Waals surface area contributed by atoms with Gasteiger partial charge in [0.2, 0.25) is 5.91 Å². The Labute approximate surface area is 144 Å². The van der Waals surface area contributed by atoms with E-state index in [-0.39, 0.29) is 11.9 Å². The number of amides is 1. The third-order valence-electron chi connectivity index (χ3n) is 5.03. The van der Waals surface area contributed by atoms with Crippen molar-refractivity contribution in [1.29, 1.82) is 0 Å². The lowest BCUT2D eigenvalue weighted by Crippen LogP contribution is -2.41. The second-order valence-electron chi connectivity index (χ2n) is 6.75. The second kappa shape index (κ2) is 7.08. The minimum Gasteiger partial charge on any atom is -0.362 e. The average molecular weight is 322 g/mol. The Kier molecular flexibility index (Phi) is 4.89. The average Bonchev–Trinajstić information content (AvgIpc) is 2.61. The van der Waals surface area contributed by atoms with Crippen LogP contribution in [-0.4, -0.2) is 30.9 Å². The fraction of sp³-hybridized carbons (Fsp3) is 0.381. The zero-order valence-electron chi connectivity index (χ0n) is 14.8. The highest BCUT2D eigenvalue weighted by Crippen LogP contribution is 2.28. The maximum Gasteiger partial charge on any atom is 0.242 e. The van der Waals surface area contributed by atoms with Gasteiger partial charge in [0.15, 0.2) is 0 Å². The van der Waals surface area contributed by atoms with E-state index >= 15 is 0 Å². The standard InChI is InChI=1S/C21H26N2O/c1-16-11-12-20-19(14-16)10-7-13-23(20)15-21(24)22(3)17(2)18-8-5-4-6-9-18/h4-6,8-9,11-12,14,17H,7,10,13,15H2,1-3H3/t17-/m1/s1. The van der Waals surface area contributed by atoms with Crippen molar-refractivity contribution in [2.75, 3.05) is 25.0 Å². The molecule has 1 atom stereocenters. The molecule has 3 nitrogen and oxygen atoms in total. The molecule has 3 rings (SSSR count). The number of carbonyl (C=O) groups excluding carboxylic acids is 1. The van der Waals surface area contributed by atoms with Gasteiger partial charge in [0.05, 0.1) is 12.6 Å². The highest BCUT2D eigenvalue weighted by atomic mass is 16.2. The quantitative estimate of drug-likeness (QED) is 0.850. The first kappa shape index (κ1) is 16.6. The highest BCUT2D eigenvalue weighted by molar-refractivity contribution is 5.82. The number of carbonyl (C=O) groups is 1. The molecule has 0 aliphatic carbocycles. The van der Waals surface area contributed by atoms with E-state index in [4.69, 9.17) is 0 Å². The van der Waals surface area contributed by atoms with Gasteiger partial charge in [-0.15, -0.1) is 0 Å². The minimum atomic E-state index is 0.0842. The minimum absolute atomic E-state index is 0.0842. The molecule has 0 spiro atoms. The number of hydrogen-bond donors (Lipinski definition) is 0. The summed E-state index contributed by atoms with van der Waals surface area (Å²) in [6.45, 7) is 5.61. The SMILES string of the molecule is Cc1ccc2c(c1)CCCN2CC(=O)N(C)[C@H](C)c1ccccc1. The van der Waals surface area contributed by atoms with E-state index in [9.17, 15) is 4.79 Å². The summed E-state index contributed by atoms with van der Waals surface area (Å²) in [6, 6.07) is 16.8. The molecule has 0 radical (unpaired) electrons. The molecule has 24 heavy (non-hydrogen) atoms. The third kappa shape index (κ3) is 3.45. The Morgan fingerprint density at radius 2 is 1.96 bits per heavy atom. The van der Waals surface area contributed by atoms with Crippen molar-refractivity contribution in [3.63, 3.8) is 0 Å². The van der Waals surface area contributed by atoms with Crippen molar-refractivity contribution in [2.45, 2.75) is 32.7 Å². The molecule has 0 saturated heterocycles. The number of fused-ring (bicyclic) bond motifs is 1. The van der Waals surface area contributed by atoms with E-state index < -0.39 is 0 Å². The molecule has 0 aromatic heterocycles. The van der Waals surface area contributed by atoms with Gasteiger partial charge >= 0.3 is 0 Å². The number of hydrogen-bond acceptors (Lipinski definition) is 2. The van der Waals surface area contributed by atoms with Crippen LogP contribution in [0.4, 0.5) is 5.69 Å². The molecule has 0 bridgehead atoms. The summed E-state index contributed by atoms with van der Waals surface area (Å²) in [6.07, 6.45) is 2.22. The van der Waals surface area contributed by atoms with Gasteiger partial charge in [-0.25, -0.2) is 0 Å². The predicted molar refractivity (Wildman–Crippen MR) is 99.3 cm³/mol. The fourth-order valence-corrected chi connectivity index (χ4v) is 3.41. The molecular weight excluding hydrogens is 296 g/mol. The lowest BCUT2D eigenvalue weighted by atomic mass is 9.99. The summed E-state index contributed by atoms with van der Waals surface area (Å²) in [4.78, 5) is 16.9. The van der Waals surface area contributed by atoms with Crippen molar-refractivity contribution >= 4 is 11.6 Å². The van der Waals surface area contributed by atoms with Crippen LogP contribution in [0.15, 0.2) is 48.5 Å². The van der Waals surface area contributed by atoms with E-state index in [0.29, 0.717) is 6.54 Å². The van der Waals surface area contributed by atoms with Gasteiger partial charge in [-0.05, 0) is 43.9 Å². The molecule has 1 aliphatic rings. The zero-order valence-corrected chi connectivity index (χ0v) is 14.8. The lowest BCUT2D eigenvalue weighted by Gasteiger charge is -2.34. The molecule has 1 heterocycles. The Morgan fingerprint density at radius 1 is 1.21 bits per heavy atom. The number of benzene rings is 2. The maximum absolute atomic E-state index is 12.8. The first-order valence-corrected chi connectivity index (χ1v) is 8.71. The van der Waals surface area contributed by atoms with Gasteiger partial charge in [0.25, 0.3) is 0 Å². The number of nitrogens with zero attached hydrogens (tertiary/aromatic N) is 2. The largest absolute Gasteiger partial charge is 0.362 e. The highest BCUT2D eigenvalue weighted by Gasteiger charge is 2.23. The van der Waals surface area contributed by atoms with Gasteiger partial charge in [-0.1, -0.05) is 48.0 Å². The van der Waals surface area contributed by atoms with E-state index in [1.165, 1.54) is 22.4 Å². The van der Waals surface area contributed by atoms with E-state index in [0.717, 1.165) is 19.4 Å². The molecule has 1 amide bonds. The molecule has 2 aromatic rings. The van der Waals surface area contributed by atoms with Crippen LogP contribution in [0.2, 0.25) is 0 Å². The van der Waals surface area contributed by atoms with Crippen LogP contribution in [-0.2, 0) is 11.2 Å². The van der Waals surface area contributed by atoms with Crippen LogP contribution in [0.3, 0.4) is 0 Å². The van der Waals surface area contributed by atoms with Crippen molar-refractivity contribution in [3.05, 3.63) is 65.2 Å². The van der Waals surface area contributed by atoms with E-state index in [1.54, 1.807) is 0 Å². The van der Waals surface area contributed by atoms with E-state index in [1.807, 2.05) is 30.1 Å². The molecule has 126 valence electrons. The zero-order chi connectivity index (χ0) is 17.1. The first-order valence-electron chi connectivity index (χ1n) is 8.71. The molecule has 0 unspecified atom stereocenters. The van der Waals surface area contributed by atoms with Crippen LogP contribution >= 0.6 is 0 Å². The van der Waals surface area contributed by atoms with E-state index in [2.05, 4.69) is 49.1 Å². The summed E-state index contributed by atoms with van der Waals surface area (Å²) >= 11 is 0. The van der Waals surface area contributed by atoms with Gasteiger partial charge in [-0.2, -0.15) is 0 Å². The molecule has 1 aliphatic heterocycles. The number of aryl methyl sites for hydroxylation is 2. The molecule has 2 aromatic carbocycles. The Balaban J connectivity index is 1.71. The smallest absolute Gasteiger partial charge is 0.242 e. The number of rotatable bonds is 4. The summed E-state index contributed by atoms with van der Waals surface area (Å²) < 4.78 is 0. The summed E-state index contributed by atoms with van der Waals surface area (Å²) in [7, 11) is 1.90. The molecule has 3 heteroatoms. The Morgan fingerprint density at radius 3 is 2.71 bits per heavy atom. The monoisotopic (exact) mass is 322 g/mol. The van der Waals surface area contributed by atoms with Crippen molar-refractivity contribution in [2.24, 2.45) is 0 Å². The van der Waals surface area contributed by atoms with Gasteiger partial charge < -0.3 is 9.80 Å². The second-order valence-corrected chi connectivity index (χ2v) is 6.75. The topological polar surface area (TPSA) is 23.6 Å². The summed E-state index contributed by atoms with van der Waals surface area (Å²) in [5.41, 5.74) is 5.05. The van der Waals surface area contributed by atoms with Crippen molar-refractivity contribution in [1.82, 2.24) is 4.90 Å². The Bertz CT molecular complexity index is 711. The third-order valence-corrected chi connectivity index (χ3v) is 5.03. The summed E-state index contributed by atoms with van der Waals surface area (Å²) in [5, 5.41) is 0. The van der Waals surface area contributed by atoms with Crippen LogP contribution < -0.4 is 4.90 Å². The van der Waals surface area contributed by atoms with Crippen molar-refractivity contribution in [3.8, 4) is 0 Å². The Hall–Kier alpha value is -2.29. The normalized spacial score (nSPS) is 14.9.